The third-order valence-corrected chi connectivity index (χ3v) is 3.93. The van der Waals surface area contributed by atoms with Crippen LogP contribution in [0.4, 0.5) is 0 Å². The van der Waals surface area contributed by atoms with Crippen LogP contribution in [0, 0.1) is 5.92 Å². The number of piperidine rings is 1. The average Bonchev–Trinajstić information content (AvgIpc) is 2.66. The van der Waals surface area contributed by atoms with Gasteiger partial charge in [0.2, 0.25) is 0 Å². The molecule has 2 aliphatic rings. The summed E-state index contributed by atoms with van der Waals surface area (Å²) in [5, 5.41) is 0. The van der Waals surface area contributed by atoms with Crippen molar-refractivity contribution in [3.8, 4) is 0 Å². The summed E-state index contributed by atoms with van der Waals surface area (Å²) in [6.45, 7) is 13.9. The summed E-state index contributed by atoms with van der Waals surface area (Å²) < 4.78 is 0. The maximum Gasteiger partial charge on any atom is 0.0969 e. The molecule has 3 nitrogen and oxygen atoms in total. The van der Waals surface area contributed by atoms with Crippen LogP contribution >= 0.6 is 0 Å². The molecule has 2 rings (SSSR count). The van der Waals surface area contributed by atoms with Crippen LogP contribution in [0.25, 0.3) is 0 Å². The van der Waals surface area contributed by atoms with Gasteiger partial charge in [-0.25, -0.2) is 0 Å². The molecular formula is C17H37N3. The fraction of sp³-hybridized carbons (Fsp3) is 0.941. The topological polar surface area (TPSA) is 41.6 Å². The van der Waals surface area contributed by atoms with E-state index in [-0.39, 0.29) is 0 Å². The molecule has 2 unspecified atom stereocenters. The van der Waals surface area contributed by atoms with Gasteiger partial charge >= 0.3 is 0 Å². The minimum Gasteiger partial charge on any atom is -0.387 e. The molecule has 2 N–H and O–H groups in total. The van der Waals surface area contributed by atoms with Gasteiger partial charge in [-0.2, -0.15) is 0 Å². The van der Waals surface area contributed by atoms with Crippen molar-refractivity contribution in [3.05, 3.63) is 0 Å². The maximum absolute atomic E-state index is 6.01. The van der Waals surface area contributed by atoms with E-state index in [1.807, 2.05) is 27.7 Å². The number of hydrogen-bond donors (Lipinski definition) is 1. The van der Waals surface area contributed by atoms with Gasteiger partial charge in [0.1, 0.15) is 0 Å². The summed E-state index contributed by atoms with van der Waals surface area (Å²) >= 11 is 0. The van der Waals surface area contributed by atoms with Crippen LogP contribution in [-0.4, -0.2) is 36.4 Å². The van der Waals surface area contributed by atoms with Crippen LogP contribution in [0.15, 0.2) is 4.99 Å². The van der Waals surface area contributed by atoms with E-state index in [1.165, 1.54) is 51.6 Å². The molecular weight excluding hydrogens is 246 g/mol. The summed E-state index contributed by atoms with van der Waals surface area (Å²) in [5.41, 5.74) is 6.01. The van der Waals surface area contributed by atoms with Crippen molar-refractivity contribution in [2.24, 2.45) is 16.6 Å². The van der Waals surface area contributed by atoms with Gasteiger partial charge in [-0.05, 0) is 38.8 Å². The summed E-state index contributed by atoms with van der Waals surface area (Å²) in [7, 11) is 0. The zero-order valence-corrected chi connectivity index (χ0v) is 14.5. The van der Waals surface area contributed by atoms with Gasteiger partial charge in [0.25, 0.3) is 0 Å². The first-order valence-corrected chi connectivity index (χ1v) is 8.81. The average molecular weight is 284 g/mol. The molecule has 2 atom stereocenters. The number of amidine groups is 1. The van der Waals surface area contributed by atoms with Gasteiger partial charge in [-0.15, -0.1) is 0 Å². The van der Waals surface area contributed by atoms with Crippen molar-refractivity contribution in [1.82, 2.24) is 4.90 Å². The molecule has 2 aliphatic heterocycles. The Hall–Kier alpha value is -0.570. The Morgan fingerprint density at radius 1 is 1.00 bits per heavy atom. The lowest BCUT2D eigenvalue weighted by molar-refractivity contribution is 0.213. The lowest BCUT2D eigenvalue weighted by Gasteiger charge is -2.28. The SMILES string of the molecule is CC.CC.CC1CCCC(CN2CCCCC2)N=C1N. The predicted molar refractivity (Wildman–Crippen MR) is 91.4 cm³/mol. The fourth-order valence-corrected chi connectivity index (χ4v) is 2.78. The smallest absolute Gasteiger partial charge is 0.0969 e. The highest BCUT2D eigenvalue weighted by Crippen LogP contribution is 2.19. The van der Waals surface area contributed by atoms with E-state index in [0.29, 0.717) is 12.0 Å². The normalized spacial score (nSPS) is 27.1. The van der Waals surface area contributed by atoms with Crippen LogP contribution in [0.2, 0.25) is 0 Å². The molecule has 0 aromatic rings. The van der Waals surface area contributed by atoms with Crippen LogP contribution in [-0.2, 0) is 0 Å². The highest BCUT2D eigenvalue weighted by atomic mass is 15.1. The first-order valence-electron chi connectivity index (χ1n) is 8.81. The first kappa shape index (κ1) is 19.4. The van der Waals surface area contributed by atoms with Crippen molar-refractivity contribution >= 4 is 5.84 Å². The second kappa shape index (κ2) is 12.2. The fourth-order valence-electron chi connectivity index (χ4n) is 2.78. The molecule has 0 spiro atoms. The monoisotopic (exact) mass is 283 g/mol. The van der Waals surface area contributed by atoms with Gasteiger partial charge < -0.3 is 10.6 Å². The van der Waals surface area contributed by atoms with E-state index in [4.69, 9.17) is 10.7 Å². The minimum atomic E-state index is 0.461. The summed E-state index contributed by atoms with van der Waals surface area (Å²) in [5.74, 6) is 1.38. The quantitative estimate of drug-likeness (QED) is 0.830. The van der Waals surface area contributed by atoms with E-state index >= 15 is 0 Å². The summed E-state index contributed by atoms with van der Waals surface area (Å²) in [6, 6.07) is 0.461. The molecule has 0 aliphatic carbocycles. The minimum absolute atomic E-state index is 0.461. The molecule has 0 saturated carbocycles. The Labute approximate surface area is 127 Å². The van der Waals surface area contributed by atoms with E-state index in [1.54, 1.807) is 0 Å². The molecule has 0 aromatic heterocycles. The van der Waals surface area contributed by atoms with Crippen molar-refractivity contribution < 1.29 is 0 Å². The van der Waals surface area contributed by atoms with E-state index in [0.717, 1.165) is 12.4 Å². The highest BCUT2D eigenvalue weighted by Gasteiger charge is 2.20. The number of rotatable bonds is 2. The molecule has 1 fully saturated rings. The zero-order valence-electron chi connectivity index (χ0n) is 14.5. The number of aliphatic imine (C=N–C) groups is 1. The van der Waals surface area contributed by atoms with Crippen LogP contribution in [0.5, 0.6) is 0 Å². The predicted octanol–water partition coefficient (Wildman–Crippen LogP) is 4.07. The standard InChI is InChI=1S/C13H25N3.2C2H6/c1-11-6-5-7-12(15-13(11)14)10-16-8-3-2-4-9-16;2*1-2/h11-12H,2-10H2,1H3,(H2,14,15);2*1-2H3. The van der Waals surface area contributed by atoms with Crippen molar-refractivity contribution in [1.29, 1.82) is 0 Å². The molecule has 0 amide bonds. The molecule has 0 bridgehead atoms. The number of hydrogen-bond acceptors (Lipinski definition) is 3. The van der Waals surface area contributed by atoms with Crippen LogP contribution in [0.3, 0.4) is 0 Å². The van der Waals surface area contributed by atoms with Crippen molar-refractivity contribution in [2.75, 3.05) is 19.6 Å². The number of nitrogens with zero attached hydrogens (tertiary/aromatic N) is 2. The highest BCUT2D eigenvalue weighted by molar-refractivity contribution is 5.82. The lowest BCUT2D eigenvalue weighted by Crippen LogP contribution is -2.36. The van der Waals surface area contributed by atoms with Crippen molar-refractivity contribution in [2.45, 2.75) is 79.2 Å². The largest absolute Gasteiger partial charge is 0.387 e. The van der Waals surface area contributed by atoms with Gasteiger partial charge in [0, 0.05) is 12.5 Å². The van der Waals surface area contributed by atoms with Crippen LogP contribution in [0.1, 0.15) is 73.1 Å². The van der Waals surface area contributed by atoms with E-state index < -0.39 is 0 Å². The molecule has 120 valence electrons. The Kier molecular flexibility index (Phi) is 11.8. The van der Waals surface area contributed by atoms with Crippen LogP contribution < -0.4 is 5.73 Å². The Bertz CT molecular complexity index is 245. The van der Waals surface area contributed by atoms with Gasteiger partial charge in [0.15, 0.2) is 0 Å². The van der Waals surface area contributed by atoms with Gasteiger partial charge in [0.05, 0.1) is 11.9 Å². The van der Waals surface area contributed by atoms with Crippen molar-refractivity contribution in [3.63, 3.8) is 0 Å². The molecule has 1 saturated heterocycles. The maximum atomic E-state index is 6.01. The second-order valence-electron chi connectivity index (χ2n) is 5.40. The lowest BCUT2D eigenvalue weighted by atomic mass is 10.0. The number of likely N-dealkylation sites (tertiary alicyclic amines) is 1. The third-order valence-electron chi connectivity index (χ3n) is 3.93. The summed E-state index contributed by atoms with van der Waals surface area (Å²) in [4.78, 5) is 7.27. The van der Waals surface area contributed by atoms with Gasteiger partial charge in [-0.1, -0.05) is 47.5 Å². The summed E-state index contributed by atoms with van der Waals surface area (Å²) in [6.07, 6.45) is 7.85. The second-order valence-corrected chi connectivity index (χ2v) is 5.40. The zero-order chi connectivity index (χ0) is 15.4. The Balaban J connectivity index is 0.000000829. The van der Waals surface area contributed by atoms with E-state index in [9.17, 15) is 0 Å². The Morgan fingerprint density at radius 2 is 1.60 bits per heavy atom. The van der Waals surface area contributed by atoms with E-state index in [2.05, 4.69) is 11.8 Å². The first-order chi connectivity index (χ1) is 9.75. The molecule has 20 heavy (non-hydrogen) atoms. The Morgan fingerprint density at radius 3 is 2.20 bits per heavy atom. The molecule has 0 aromatic carbocycles. The third kappa shape index (κ3) is 7.28. The molecule has 3 heteroatoms. The number of nitrogens with two attached hydrogens (primary N) is 1. The molecule has 0 radical (unpaired) electrons. The van der Waals surface area contributed by atoms with Gasteiger partial charge in [-0.3, -0.25) is 4.99 Å². The molecule has 2 heterocycles.